The van der Waals surface area contributed by atoms with Gasteiger partial charge in [0.15, 0.2) is 0 Å². The highest BCUT2D eigenvalue weighted by Crippen LogP contribution is 2.16. The Hall–Kier alpha value is -2.02. The highest BCUT2D eigenvalue weighted by atomic mass is 35.5. The highest BCUT2D eigenvalue weighted by molar-refractivity contribution is 6.31. The number of aryl methyl sites for hydroxylation is 1. The van der Waals surface area contributed by atoms with E-state index in [0.717, 1.165) is 4.90 Å². The molecule has 0 aliphatic carbocycles. The first-order valence-corrected chi connectivity index (χ1v) is 6.59. The van der Waals surface area contributed by atoms with Crippen LogP contribution in [0.1, 0.15) is 17.4 Å². The fraction of sp³-hybridized carbons (Fsp3) is 0.462. The molecule has 116 valence electrons. The van der Waals surface area contributed by atoms with Crippen LogP contribution in [0.2, 0.25) is 5.02 Å². The summed E-state index contributed by atoms with van der Waals surface area (Å²) in [5.41, 5.74) is 0.287. The summed E-state index contributed by atoms with van der Waals surface area (Å²) in [5.74, 6) is -1.76. The van der Waals surface area contributed by atoms with Gasteiger partial charge in [0.2, 0.25) is 0 Å². The van der Waals surface area contributed by atoms with Crippen LogP contribution < -0.4 is 0 Å². The molecule has 1 aromatic heterocycles. The van der Waals surface area contributed by atoms with Crippen molar-refractivity contribution in [2.75, 3.05) is 27.3 Å². The van der Waals surface area contributed by atoms with Gasteiger partial charge in [0, 0.05) is 12.7 Å². The van der Waals surface area contributed by atoms with Gasteiger partial charge >= 0.3 is 11.9 Å². The molecule has 0 saturated carbocycles. The molecule has 8 heteroatoms. The summed E-state index contributed by atoms with van der Waals surface area (Å²) in [5, 5.41) is 0.399. The van der Waals surface area contributed by atoms with E-state index in [4.69, 9.17) is 11.6 Å². The molecule has 0 N–H and O–H groups in total. The molecule has 0 spiro atoms. The number of esters is 2. The number of halogens is 1. The summed E-state index contributed by atoms with van der Waals surface area (Å²) in [4.78, 5) is 36.3. The van der Waals surface area contributed by atoms with Gasteiger partial charge in [-0.15, -0.1) is 0 Å². The van der Waals surface area contributed by atoms with Crippen LogP contribution in [-0.2, 0) is 25.6 Å². The summed E-state index contributed by atoms with van der Waals surface area (Å²) in [6.45, 7) is 1.67. The Kier molecular flexibility index (Phi) is 6.23. The molecule has 1 heterocycles. The van der Waals surface area contributed by atoms with Gasteiger partial charge in [0.1, 0.15) is 18.8 Å². The number of carbonyl (C=O) groups is 3. The average molecular weight is 317 g/mol. The van der Waals surface area contributed by atoms with Crippen molar-refractivity contribution in [3.05, 3.63) is 23.0 Å². The molecule has 0 saturated heterocycles. The fourth-order valence-electron chi connectivity index (χ4n) is 1.72. The molecule has 1 amide bonds. The summed E-state index contributed by atoms with van der Waals surface area (Å²) < 4.78 is 10.7. The van der Waals surface area contributed by atoms with Crippen molar-refractivity contribution in [1.29, 1.82) is 0 Å². The molecule has 0 aliphatic heterocycles. The quantitative estimate of drug-likeness (QED) is 0.730. The highest BCUT2D eigenvalue weighted by Gasteiger charge is 2.24. The number of amides is 1. The van der Waals surface area contributed by atoms with Crippen molar-refractivity contribution in [3.8, 4) is 0 Å². The number of hydrogen-bond donors (Lipinski definition) is 0. The summed E-state index contributed by atoms with van der Waals surface area (Å²) in [6, 6.07) is 1.48. The third-order valence-corrected chi connectivity index (χ3v) is 3.01. The van der Waals surface area contributed by atoms with E-state index < -0.39 is 17.8 Å². The molecular formula is C13H17ClN2O5. The molecule has 7 nitrogen and oxygen atoms in total. The number of hydrogen-bond acceptors (Lipinski definition) is 5. The van der Waals surface area contributed by atoms with Crippen LogP contribution >= 0.6 is 11.6 Å². The molecular weight excluding hydrogens is 300 g/mol. The zero-order chi connectivity index (χ0) is 16.0. The minimum atomic E-state index is -0.632. The average Bonchev–Trinajstić information content (AvgIpc) is 2.86. The molecule has 0 fully saturated rings. The standard InChI is InChI=1S/C13H17ClN2O5/c1-4-15-6-9(14)5-10(15)13(19)16(7-11(17)20-2)8-12(18)21-3/h5-6H,4,7-8H2,1-3H3. The maximum atomic E-state index is 12.5. The smallest absolute Gasteiger partial charge is 0.325 e. The molecule has 0 aliphatic rings. The van der Waals surface area contributed by atoms with E-state index in [9.17, 15) is 14.4 Å². The lowest BCUT2D eigenvalue weighted by Crippen LogP contribution is -2.41. The van der Waals surface area contributed by atoms with E-state index in [1.807, 2.05) is 6.92 Å². The maximum absolute atomic E-state index is 12.5. The summed E-state index contributed by atoms with van der Waals surface area (Å²) >= 11 is 5.88. The second-order valence-electron chi connectivity index (χ2n) is 4.14. The van der Waals surface area contributed by atoms with E-state index in [-0.39, 0.29) is 18.8 Å². The van der Waals surface area contributed by atoms with Crippen LogP contribution in [-0.4, -0.2) is 54.6 Å². The Balaban J connectivity index is 3.02. The van der Waals surface area contributed by atoms with E-state index in [2.05, 4.69) is 9.47 Å². The van der Waals surface area contributed by atoms with Gasteiger partial charge in [0.05, 0.1) is 19.2 Å². The van der Waals surface area contributed by atoms with Gasteiger partial charge in [-0.25, -0.2) is 0 Å². The van der Waals surface area contributed by atoms with Crippen LogP contribution in [0, 0.1) is 0 Å². The van der Waals surface area contributed by atoms with Crippen molar-refractivity contribution in [1.82, 2.24) is 9.47 Å². The molecule has 0 atom stereocenters. The number of carbonyl (C=O) groups excluding carboxylic acids is 3. The van der Waals surface area contributed by atoms with Gasteiger partial charge < -0.3 is 18.9 Å². The Bertz CT molecular complexity index is 523. The van der Waals surface area contributed by atoms with Gasteiger partial charge in [-0.3, -0.25) is 14.4 Å². The molecule has 0 radical (unpaired) electrons. The second kappa shape index (κ2) is 7.68. The topological polar surface area (TPSA) is 77.8 Å². The summed E-state index contributed by atoms with van der Waals surface area (Å²) in [6.07, 6.45) is 1.60. The van der Waals surface area contributed by atoms with Crippen molar-refractivity contribution in [2.24, 2.45) is 0 Å². The predicted molar refractivity (Wildman–Crippen MR) is 75.1 cm³/mol. The van der Waals surface area contributed by atoms with Crippen LogP contribution in [0.25, 0.3) is 0 Å². The molecule has 1 aromatic rings. The van der Waals surface area contributed by atoms with Crippen LogP contribution in [0.4, 0.5) is 0 Å². The Labute approximate surface area is 127 Å². The molecule has 0 unspecified atom stereocenters. The Morgan fingerprint density at radius 1 is 1.19 bits per heavy atom. The van der Waals surface area contributed by atoms with Crippen molar-refractivity contribution < 1.29 is 23.9 Å². The van der Waals surface area contributed by atoms with Crippen LogP contribution in [0.3, 0.4) is 0 Å². The van der Waals surface area contributed by atoms with E-state index >= 15 is 0 Å². The minimum Gasteiger partial charge on any atom is -0.468 e. The van der Waals surface area contributed by atoms with Crippen molar-refractivity contribution >= 4 is 29.4 Å². The Morgan fingerprint density at radius 3 is 2.14 bits per heavy atom. The lowest BCUT2D eigenvalue weighted by molar-refractivity contribution is -0.144. The molecule has 1 rings (SSSR count). The van der Waals surface area contributed by atoms with Crippen LogP contribution in [0.5, 0.6) is 0 Å². The monoisotopic (exact) mass is 316 g/mol. The van der Waals surface area contributed by atoms with E-state index in [1.54, 1.807) is 10.8 Å². The largest absolute Gasteiger partial charge is 0.468 e. The van der Waals surface area contributed by atoms with E-state index in [1.165, 1.54) is 20.3 Å². The van der Waals surface area contributed by atoms with Gasteiger partial charge in [-0.05, 0) is 13.0 Å². The SMILES string of the molecule is CCn1cc(Cl)cc1C(=O)N(CC(=O)OC)CC(=O)OC. The maximum Gasteiger partial charge on any atom is 0.325 e. The lowest BCUT2D eigenvalue weighted by Gasteiger charge is -2.20. The number of ether oxygens (including phenoxy) is 2. The summed E-state index contributed by atoms with van der Waals surface area (Å²) in [7, 11) is 2.41. The lowest BCUT2D eigenvalue weighted by atomic mass is 10.3. The van der Waals surface area contributed by atoms with Gasteiger partial charge in [-0.2, -0.15) is 0 Å². The second-order valence-corrected chi connectivity index (χ2v) is 4.58. The predicted octanol–water partition coefficient (Wildman–Crippen LogP) is 0.950. The number of aromatic nitrogens is 1. The number of rotatable bonds is 6. The third kappa shape index (κ3) is 4.49. The zero-order valence-corrected chi connectivity index (χ0v) is 12.8. The normalized spacial score (nSPS) is 10.1. The first-order valence-electron chi connectivity index (χ1n) is 6.21. The fourth-order valence-corrected chi connectivity index (χ4v) is 1.94. The zero-order valence-electron chi connectivity index (χ0n) is 12.1. The minimum absolute atomic E-state index is 0.287. The van der Waals surface area contributed by atoms with Gasteiger partial charge in [-0.1, -0.05) is 11.6 Å². The first-order chi connectivity index (χ1) is 9.92. The van der Waals surface area contributed by atoms with Crippen molar-refractivity contribution in [3.63, 3.8) is 0 Å². The van der Waals surface area contributed by atoms with Crippen molar-refractivity contribution in [2.45, 2.75) is 13.5 Å². The first kappa shape index (κ1) is 17.0. The van der Waals surface area contributed by atoms with Crippen LogP contribution in [0.15, 0.2) is 12.3 Å². The molecule has 0 bridgehead atoms. The molecule has 0 aromatic carbocycles. The van der Waals surface area contributed by atoms with Gasteiger partial charge in [0.25, 0.3) is 5.91 Å². The Morgan fingerprint density at radius 2 is 1.71 bits per heavy atom. The third-order valence-electron chi connectivity index (χ3n) is 2.81. The molecule has 21 heavy (non-hydrogen) atoms. The number of nitrogens with zero attached hydrogens (tertiary/aromatic N) is 2. The number of methoxy groups -OCH3 is 2. The van der Waals surface area contributed by atoms with E-state index in [0.29, 0.717) is 11.6 Å².